The second kappa shape index (κ2) is 9.91. The summed E-state index contributed by atoms with van der Waals surface area (Å²) >= 11 is 0.938. The van der Waals surface area contributed by atoms with E-state index in [1.165, 1.54) is 0 Å². The molecule has 146 valence electrons. The lowest BCUT2D eigenvalue weighted by Gasteiger charge is -2.11. The average Bonchev–Trinajstić information content (AvgIpc) is 3.14. The maximum Gasteiger partial charge on any atom is 0.434 e. The lowest BCUT2D eigenvalue weighted by Crippen LogP contribution is -2.38. The summed E-state index contributed by atoms with van der Waals surface area (Å²) in [4.78, 5) is 19.4. The van der Waals surface area contributed by atoms with Gasteiger partial charge < -0.3 is 16.0 Å². The molecule has 0 saturated carbocycles. The van der Waals surface area contributed by atoms with E-state index in [1.807, 2.05) is 6.07 Å². The molecule has 0 aliphatic rings. The fraction of sp³-hybridized carbons (Fsp3) is 0.353. The van der Waals surface area contributed by atoms with E-state index in [4.69, 9.17) is 0 Å². The molecule has 6 nitrogen and oxygen atoms in total. The fourth-order valence-corrected chi connectivity index (χ4v) is 2.83. The first-order valence-electron chi connectivity index (χ1n) is 8.19. The highest BCUT2D eigenvalue weighted by molar-refractivity contribution is 7.09. The van der Waals surface area contributed by atoms with Crippen LogP contribution in [-0.4, -0.2) is 37.0 Å². The summed E-state index contributed by atoms with van der Waals surface area (Å²) in [6, 6.07) is 8.91. The highest BCUT2D eigenvalue weighted by Gasteiger charge is 2.33. The zero-order valence-electron chi connectivity index (χ0n) is 14.6. The molecule has 0 atom stereocenters. The van der Waals surface area contributed by atoms with Gasteiger partial charge in [-0.25, -0.2) is 4.98 Å². The fourth-order valence-electron chi connectivity index (χ4n) is 2.09. The van der Waals surface area contributed by atoms with Gasteiger partial charge in [0, 0.05) is 31.1 Å². The van der Waals surface area contributed by atoms with E-state index < -0.39 is 11.9 Å². The van der Waals surface area contributed by atoms with Crippen LogP contribution in [0.5, 0.6) is 0 Å². The van der Waals surface area contributed by atoms with Crippen molar-refractivity contribution in [3.63, 3.8) is 0 Å². The van der Waals surface area contributed by atoms with Crippen LogP contribution >= 0.6 is 11.3 Å². The number of aromatic nitrogens is 1. The van der Waals surface area contributed by atoms with Crippen LogP contribution in [-0.2, 0) is 12.7 Å². The van der Waals surface area contributed by atoms with Crippen LogP contribution in [0.25, 0.3) is 0 Å². The van der Waals surface area contributed by atoms with Crippen LogP contribution in [0.2, 0.25) is 0 Å². The highest BCUT2D eigenvalue weighted by Crippen LogP contribution is 2.29. The van der Waals surface area contributed by atoms with Crippen molar-refractivity contribution in [2.75, 3.05) is 20.1 Å². The van der Waals surface area contributed by atoms with Crippen LogP contribution in [0, 0.1) is 0 Å². The van der Waals surface area contributed by atoms with Crippen LogP contribution in [0.15, 0.2) is 40.7 Å². The number of aliphatic imine (C=N–C) groups is 1. The van der Waals surface area contributed by atoms with Crippen LogP contribution < -0.4 is 16.0 Å². The van der Waals surface area contributed by atoms with Crippen molar-refractivity contribution in [1.82, 2.24) is 20.9 Å². The second-order valence-electron chi connectivity index (χ2n) is 5.45. The van der Waals surface area contributed by atoms with Crippen molar-refractivity contribution in [3.05, 3.63) is 52.0 Å². The van der Waals surface area contributed by atoms with Gasteiger partial charge in [0.25, 0.3) is 5.91 Å². The Hall–Kier alpha value is -2.62. The molecule has 1 aromatic heterocycles. The van der Waals surface area contributed by atoms with Crippen LogP contribution in [0.4, 0.5) is 13.2 Å². The number of nitrogens with zero attached hydrogens (tertiary/aromatic N) is 2. The Kier molecular flexibility index (Phi) is 7.59. The Labute approximate surface area is 158 Å². The predicted molar refractivity (Wildman–Crippen MR) is 98.7 cm³/mol. The highest BCUT2D eigenvalue weighted by atomic mass is 32.1. The standard InChI is InChI=1S/C17H20F3N5OS/c1-21-16(24-10-14-25-13(11-27-14)17(18,19)20)23-9-5-8-22-15(26)12-6-3-2-4-7-12/h2-4,6-7,11H,5,8-10H2,1H3,(H,22,26)(H2,21,23,24). The summed E-state index contributed by atoms with van der Waals surface area (Å²) in [6.45, 7) is 1.17. The van der Waals surface area contributed by atoms with E-state index in [1.54, 1.807) is 31.3 Å². The molecule has 1 amide bonds. The van der Waals surface area contributed by atoms with Crippen LogP contribution in [0.1, 0.15) is 27.5 Å². The smallest absolute Gasteiger partial charge is 0.356 e. The molecule has 27 heavy (non-hydrogen) atoms. The van der Waals surface area contributed by atoms with Crippen molar-refractivity contribution in [1.29, 1.82) is 0 Å². The summed E-state index contributed by atoms with van der Waals surface area (Å²) in [5.41, 5.74) is -0.286. The number of thiazole rings is 1. The van der Waals surface area contributed by atoms with Crippen molar-refractivity contribution in [2.24, 2.45) is 4.99 Å². The lowest BCUT2D eigenvalue weighted by atomic mass is 10.2. The Morgan fingerprint density at radius 2 is 1.85 bits per heavy atom. The molecule has 2 rings (SSSR count). The van der Waals surface area contributed by atoms with Crippen LogP contribution in [0.3, 0.4) is 0 Å². The van der Waals surface area contributed by atoms with Gasteiger partial charge in [-0.3, -0.25) is 9.79 Å². The number of amides is 1. The number of alkyl halides is 3. The molecule has 0 saturated heterocycles. The average molecular weight is 399 g/mol. The molecule has 0 bridgehead atoms. The maximum atomic E-state index is 12.5. The van der Waals surface area contributed by atoms with Gasteiger partial charge in [-0.15, -0.1) is 11.3 Å². The van der Waals surface area contributed by atoms with Gasteiger partial charge in [0.2, 0.25) is 0 Å². The lowest BCUT2D eigenvalue weighted by molar-refractivity contribution is -0.140. The van der Waals surface area contributed by atoms with E-state index in [-0.39, 0.29) is 12.5 Å². The van der Waals surface area contributed by atoms with Gasteiger partial charge in [-0.2, -0.15) is 13.2 Å². The third kappa shape index (κ3) is 6.89. The normalized spacial score (nSPS) is 11.9. The number of carbonyl (C=O) groups is 1. The number of nitrogens with one attached hydrogen (secondary N) is 3. The van der Waals surface area contributed by atoms with E-state index in [2.05, 4.69) is 25.9 Å². The quantitative estimate of drug-likeness (QED) is 0.380. The number of benzene rings is 1. The molecule has 1 aromatic carbocycles. The van der Waals surface area contributed by atoms with E-state index in [0.717, 1.165) is 16.7 Å². The molecule has 0 unspecified atom stereocenters. The Balaban J connectivity index is 1.66. The number of rotatable bonds is 7. The Morgan fingerprint density at radius 3 is 2.48 bits per heavy atom. The molecular formula is C17H20F3N5OS. The molecule has 0 aliphatic heterocycles. The molecule has 0 aliphatic carbocycles. The Morgan fingerprint density at radius 1 is 1.15 bits per heavy atom. The summed E-state index contributed by atoms with van der Waals surface area (Å²) in [5, 5.41) is 10.1. The monoisotopic (exact) mass is 399 g/mol. The SMILES string of the molecule is CN=C(NCCCNC(=O)c1ccccc1)NCc1nc(C(F)(F)F)cs1. The van der Waals surface area contributed by atoms with Gasteiger partial charge in [-0.1, -0.05) is 18.2 Å². The number of guanidine groups is 1. The molecule has 10 heteroatoms. The minimum atomic E-state index is -4.43. The molecule has 2 aromatic rings. The molecule has 0 spiro atoms. The van der Waals surface area contributed by atoms with Gasteiger partial charge in [0.15, 0.2) is 11.7 Å². The zero-order chi connectivity index (χ0) is 19.7. The molecule has 0 fully saturated rings. The minimum Gasteiger partial charge on any atom is -0.356 e. The predicted octanol–water partition coefficient (Wildman–Crippen LogP) is 2.65. The molecule has 3 N–H and O–H groups in total. The summed E-state index contributed by atoms with van der Waals surface area (Å²) in [6.07, 6.45) is -3.77. The third-order valence-corrected chi connectivity index (χ3v) is 4.29. The van der Waals surface area contributed by atoms with E-state index >= 15 is 0 Å². The van der Waals surface area contributed by atoms with Gasteiger partial charge in [0.05, 0.1) is 6.54 Å². The first kappa shape index (κ1) is 20.7. The topological polar surface area (TPSA) is 78.4 Å². The number of hydrogen-bond donors (Lipinski definition) is 3. The maximum absolute atomic E-state index is 12.5. The van der Waals surface area contributed by atoms with Gasteiger partial charge >= 0.3 is 6.18 Å². The number of carbonyl (C=O) groups excluding carboxylic acids is 1. The number of halogens is 3. The summed E-state index contributed by atoms with van der Waals surface area (Å²) in [7, 11) is 1.56. The summed E-state index contributed by atoms with van der Waals surface area (Å²) in [5.74, 6) is 0.315. The van der Waals surface area contributed by atoms with Crippen molar-refractivity contribution in [3.8, 4) is 0 Å². The second-order valence-corrected chi connectivity index (χ2v) is 6.39. The third-order valence-electron chi connectivity index (χ3n) is 3.44. The first-order valence-corrected chi connectivity index (χ1v) is 9.07. The summed E-state index contributed by atoms with van der Waals surface area (Å²) < 4.78 is 37.6. The molecule has 1 heterocycles. The van der Waals surface area contributed by atoms with Gasteiger partial charge in [0.1, 0.15) is 5.01 Å². The van der Waals surface area contributed by atoms with E-state index in [0.29, 0.717) is 36.0 Å². The Bertz CT molecular complexity index is 761. The zero-order valence-corrected chi connectivity index (χ0v) is 15.5. The first-order chi connectivity index (χ1) is 12.9. The van der Waals surface area contributed by atoms with Crippen molar-refractivity contribution >= 4 is 23.2 Å². The molecular weight excluding hydrogens is 379 g/mol. The number of hydrogen-bond acceptors (Lipinski definition) is 4. The molecule has 0 radical (unpaired) electrons. The minimum absolute atomic E-state index is 0.137. The largest absolute Gasteiger partial charge is 0.434 e. The van der Waals surface area contributed by atoms with Gasteiger partial charge in [-0.05, 0) is 18.6 Å². The van der Waals surface area contributed by atoms with Crippen molar-refractivity contribution < 1.29 is 18.0 Å². The van der Waals surface area contributed by atoms with E-state index in [9.17, 15) is 18.0 Å². The van der Waals surface area contributed by atoms with Crippen molar-refractivity contribution in [2.45, 2.75) is 19.1 Å².